The van der Waals surface area contributed by atoms with Crippen LogP contribution in [0, 0.1) is 5.92 Å². The van der Waals surface area contributed by atoms with Crippen molar-refractivity contribution >= 4 is 17.9 Å². The number of hydrogen-bond acceptors (Lipinski definition) is 9. The zero-order valence-electron chi connectivity index (χ0n) is 17.4. The van der Waals surface area contributed by atoms with Crippen molar-refractivity contribution in [2.75, 3.05) is 7.11 Å². The number of carbonyl (C=O) groups is 3. The Hall–Kier alpha value is -2.23. The number of carbonyl (C=O) groups excluding carboxylic acids is 3. The van der Waals surface area contributed by atoms with Crippen molar-refractivity contribution in [1.82, 2.24) is 0 Å². The van der Waals surface area contributed by atoms with Crippen LogP contribution in [0.1, 0.15) is 33.6 Å². The lowest BCUT2D eigenvalue weighted by Crippen LogP contribution is -2.48. The molecule has 3 aliphatic heterocycles. The highest BCUT2D eigenvalue weighted by Crippen LogP contribution is 2.50. The molecule has 1 aliphatic carbocycles. The van der Waals surface area contributed by atoms with Crippen molar-refractivity contribution < 1.29 is 43.2 Å². The highest BCUT2D eigenvalue weighted by Gasteiger charge is 2.65. The first-order valence-corrected chi connectivity index (χ1v) is 9.96. The number of ether oxygens (including phenoxy) is 5. The topological polar surface area (TPSA) is 124 Å². The lowest BCUT2D eigenvalue weighted by molar-refractivity contribution is -0.166. The highest BCUT2D eigenvalue weighted by atomic mass is 16.7. The van der Waals surface area contributed by atoms with Crippen LogP contribution in [0.2, 0.25) is 0 Å². The van der Waals surface area contributed by atoms with Gasteiger partial charge in [-0.15, -0.1) is 0 Å². The maximum absolute atomic E-state index is 12.8. The van der Waals surface area contributed by atoms with Gasteiger partial charge in [0.25, 0.3) is 0 Å². The first kappa shape index (κ1) is 21.0. The molecule has 164 valence electrons. The monoisotopic (exact) mass is 422 g/mol. The van der Waals surface area contributed by atoms with Crippen molar-refractivity contribution in [2.24, 2.45) is 5.92 Å². The molecule has 0 spiro atoms. The molecule has 3 heterocycles. The molecule has 30 heavy (non-hydrogen) atoms. The summed E-state index contributed by atoms with van der Waals surface area (Å²) in [6.07, 6.45) is -1.94. The Bertz CT molecular complexity index is 847. The van der Waals surface area contributed by atoms with Crippen LogP contribution >= 0.6 is 0 Å². The number of rotatable bonds is 3. The first-order chi connectivity index (χ1) is 14.0. The average Bonchev–Trinajstić information content (AvgIpc) is 3.52. The van der Waals surface area contributed by atoms with E-state index in [1.165, 1.54) is 7.11 Å². The van der Waals surface area contributed by atoms with E-state index in [4.69, 9.17) is 23.7 Å². The third-order valence-electron chi connectivity index (χ3n) is 6.70. The van der Waals surface area contributed by atoms with Gasteiger partial charge in [0.1, 0.15) is 24.4 Å². The quantitative estimate of drug-likeness (QED) is 0.301. The molecule has 4 rings (SSSR count). The molecule has 8 atom stereocenters. The van der Waals surface area contributed by atoms with E-state index in [0.717, 1.165) is 0 Å². The molecular weight excluding hydrogens is 396 g/mol. The summed E-state index contributed by atoms with van der Waals surface area (Å²) in [5, 5.41) is 11.1. The first-order valence-electron chi connectivity index (χ1n) is 9.96. The third-order valence-corrected chi connectivity index (χ3v) is 6.70. The molecule has 4 aliphatic rings. The zero-order chi connectivity index (χ0) is 22.0. The fourth-order valence-corrected chi connectivity index (χ4v) is 4.37. The molecule has 9 nitrogen and oxygen atoms in total. The van der Waals surface area contributed by atoms with E-state index in [9.17, 15) is 19.5 Å². The third kappa shape index (κ3) is 3.16. The average molecular weight is 422 g/mol. The lowest BCUT2D eigenvalue weighted by atomic mass is 9.80. The van der Waals surface area contributed by atoms with Gasteiger partial charge in [0, 0.05) is 5.57 Å². The molecule has 3 saturated heterocycles. The Kier molecular flexibility index (Phi) is 4.83. The number of aliphatic hydroxyl groups excluding tert-OH is 1. The molecule has 0 radical (unpaired) electrons. The predicted molar refractivity (Wildman–Crippen MR) is 100.0 cm³/mol. The summed E-state index contributed by atoms with van der Waals surface area (Å²) in [7, 11) is 1.20. The Morgan fingerprint density at radius 1 is 1.30 bits per heavy atom. The summed E-state index contributed by atoms with van der Waals surface area (Å²) >= 11 is 0. The molecule has 3 fully saturated rings. The molecule has 1 N–H and O–H groups in total. The van der Waals surface area contributed by atoms with Crippen molar-refractivity contribution in [3.8, 4) is 0 Å². The Labute approximate surface area is 173 Å². The van der Waals surface area contributed by atoms with Gasteiger partial charge >= 0.3 is 17.9 Å². The molecule has 0 aromatic carbocycles. The number of fused-ring (bicyclic) bond motifs is 3. The van der Waals surface area contributed by atoms with E-state index in [-0.39, 0.29) is 17.3 Å². The molecule has 0 amide bonds. The van der Waals surface area contributed by atoms with Crippen LogP contribution in [0.15, 0.2) is 23.8 Å². The zero-order valence-corrected chi connectivity index (χ0v) is 17.4. The normalized spacial score (nSPS) is 44.8. The molecule has 0 aromatic heterocycles. The van der Waals surface area contributed by atoms with Crippen LogP contribution in [-0.4, -0.2) is 71.8 Å². The smallest absolute Gasteiger partial charge is 0.341 e. The van der Waals surface area contributed by atoms with Crippen molar-refractivity contribution in [3.63, 3.8) is 0 Å². The fraction of sp³-hybridized carbons (Fsp3) is 0.667. The van der Waals surface area contributed by atoms with Crippen LogP contribution < -0.4 is 0 Å². The van der Waals surface area contributed by atoms with Crippen molar-refractivity contribution in [1.29, 1.82) is 0 Å². The summed E-state index contributed by atoms with van der Waals surface area (Å²) in [6, 6.07) is 0. The standard InChI is InChI=1S/C21H26O9/c1-9-12-14(28-19(25)21(4)10(2)29-21)13(22)11(18(24)26-5)7-6-8-20(3)16(30-20)15(12)27-17(9)23/h7,10,12-16,22H,1,6,8H2,2-5H3. The fourth-order valence-electron chi connectivity index (χ4n) is 4.37. The van der Waals surface area contributed by atoms with Crippen molar-refractivity contribution in [2.45, 2.75) is 75.3 Å². The van der Waals surface area contributed by atoms with E-state index in [2.05, 4.69) is 6.58 Å². The van der Waals surface area contributed by atoms with Gasteiger partial charge < -0.3 is 28.8 Å². The molecule has 8 unspecified atom stereocenters. The largest absolute Gasteiger partial charge is 0.466 e. The minimum atomic E-state index is -1.55. The molecule has 0 aromatic rings. The number of esters is 3. The van der Waals surface area contributed by atoms with Crippen molar-refractivity contribution in [3.05, 3.63) is 23.8 Å². The lowest BCUT2D eigenvalue weighted by Gasteiger charge is -2.32. The number of aliphatic hydroxyl groups is 1. The molecule has 0 bridgehead atoms. The van der Waals surface area contributed by atoms with E-state index in [0.29, 0.717) is 12.8 Å². The van der Waals surface area contributed by atoms with Gasteiger partial charge in [-0.05, 0) is 33.6 Å². The number of methoxy groups -OCH3 is 1. The number of allylic oxidation sites excluding steroid dienone is 1. The van der Waals surface area contributed by atoms with E-state index < -0.39 is 59.4 Å². The Morgan fingerprint density at radius 3 is 2.57 bits per heavy atom. The van der Waals surface area contributed by atoms with E-state index in [1.807, 2.05) is 6.92 Å². The minimum absolute atomic E-state index is 0.0504. The molecule has 9 heteroatoms. The van der Waals surface area contributed by atoms with Crippen LogP contribution in [0.4, 0.5) is 0 Å². The molecule has 0 saturated carbocycles. The van der Waals surface area contributed by atoms with Gasteiger partial charge in [-0.1, -0.05) is 12.7 Å². The van der Waals surface area contributed by atoms with Gasteiger partial charge in [0.2, 0.25) is 0 Å². The molecular formula is C21H26O9. The maximum atomic E-state index is 12.8. The number of hydrogen-bond donors (Lipinski definition) is 1. The van der Waals surface area contributed by atoms with Crippen LogP contribution in [0.25, 0.3) is 0 Å². The second-order valence-electron chi connectivity index (χ2n) is 8.64. The second kappa shape index (κ2) is 6.90. The Morgan fingerprint density at radius 2 is 1.97 bits per heavy atom. The van der Waals surface area contributed by atoms with Crippen LogP contribution in [0.3, 0.4) is 0 Å². The maximum Gasteiger partial charge on any atom is 0.341 e. The van der Waals surface area contributed by atoms with Gasteiger partial charge in [-0.3, -0.25) is 0 Å². The number of epoxide rings is 2. The van der Waals surface area contributed by atoms with E-state index >= 15 is 0 Å². The van der Waals surface area contributed by atoms with E-state index in [1.54, 1.807) is 19.9 Å². The SMILES string of the molecule is C=C1C(=O)OC2C1C(OC(=O)C1(C)OC1C)C(O)C(C(=O)OC)=CCCC1(C)OC21. The Balaban J connectivity index is 1.75. The second-order valence-corrected chi connectivity index (χ2v) is 8.64. The minimum Gasteiger partial charge on any atom is -0.466 e. The van der Waals surface area contributed by atoms with Crippen LogP contribution in [0.5, 0.6) is 0 Å². The van der Waals surface area contributed by atoms with Gasteiger partial charge in [-0.25, -0.2) is 14.4 Å². The van der Waals surface area contributed by atoms with Gasteiger partial charge in [0.15, 0.2) is 5.60 Å². The van der Waals surface area contributed by atoms with Gasteiger partial charge in [-0.2, -0.15) is 0 Å². The summed E-state index contributed by atoms with van der Waals surface area (Å²) in [5.74, 6) is -3.00. The summed E-state index contributed by atoms with van der Waals surface area (Å²) in [5.41, 5.74) is -1.73. The predicted octanol–water partition coefficient (Wildman–Crippen LogP) is 0.585. The van der Waals surface area contributed by atoms with Gasteiger partial charge in [0.05, 0.1) is 30.3 Å². The summed E-state index contributed by atoms with van der Waals surface area (Å²) in [6.45, 7) is 8.98. The van der Waals surface area contributed by atoms with Crippen LogP contribution in [-0.2, 0) is 38.1 Å². The summed E-state index contributed by atoms with van der Waals surface area (Å²) < 4.78 is 27.2. The highest BCUT2D eigenvalue weighted by molar-refractivity contribution is 5.92. The summed E-state index contributed by atoms with van der Waals surface area (Å²) in [4.78, 5) is 37.5.